The molecule has 0 spiro atoms. The van der Waals surface area contributed by atoms with Gasteiger partial charge in [0, 0.05) is 0 Å². The second kappa shape index (κ2) is 11.3. The van der Waals surface area contributed by atoms with Crippen LogP contribution in [0.2, 0.25) is 0 Å². The van der Waals surface area contributed by atoms with Gasteiger partial charge in [0.2, 0.25) is 5.69 Å². The van der Waals surface area contributed by atoms with E-state index < -0.39 is 53.7 Å². The maximum Gasteiger partial charge on any atom is 0.407 e. The number of aromatic nitrogens is 3. The molecule has 13 heteroatoms. The van der Waals surface area contributed by atoms with Gasteiger partial charge in [0.1, 0.15) is 5.60 Å². The predicted octanol–water partition coefficient (Wildman–Crippen LogP) is 1.01. The minimum Gasteiger partial charge on any atom is -0.466 e. The quantitative estimate of drug-likeness (QED) is 0.399. The van der Waals surface area contributed by atoms with Crippen LogP contribution in [-0.2, 0) is 23.7 Å². The molecule has 2 rings (SSSR count). The molecule has 34 heavy (non-hydrogen) atoms. The van der Waals surface area contributed by atoms with E-state index in [4.69, 9.17) is 18.9 Å². The van der Waals surface area contributed by atoms with Gasteiger partial charge in [0.25, 0.3) is 0 Å². The molecule has 1 saturated carbocycles. The summed E-state index contributed by atoms with van der Waals surface area (Å²) in [6.07, 6.45) is -2.33. The Kier molecular flexibility index (Phi) is 8.96. The average molecular weight is 485 g/mol. The highest BCUT2D eigenvalue weighted by Crippen LogP contribution is 2.37. The molecule has 0 aromatic carbocycles. The van der Waals surface area contributed by atoms with Crippen molar-refractivity contribution in [2.75, 3.05) is 19.8 Å². The molecule has 1 aliphatic carbocycles. The zero-order chi connectivity index (χ0) is 25.6. The zero-order valence-corrected chi connectivity index (χ0v) is 20.2. The Morgan fingerprint density at radius 3 is 2.18 bits per heavy atom. The van der Waals surface area contributed by atoms with Gasteiger partial charge < -0.3 is 29.4 Å². The Labute approximate surface area is 197 Å². The number of aliphatic hydroxyl groups excluding tert-OH is 1. The van der Waals surface area contributed by atoms with E-state index in [1.165, 1.54) is 0 Å². The first-order valence-electron chi connectivity index (χ1n) is 11.1. The molecule has 13 nitrogen and oxygen atoms in total. The Balaban J connectivity index is 2.46. The summed E-state index contributed by atoms with van der Waals surface area (Å²) in [6.45, 7) is 9.92. The van der Waals surface area contributed by atoms with Crippen molar-refractivity contribution in [2.24, 2.45) is 5.92 Å². The van der Waals surface area contributed by atoms with Gasteiger partial charge in [-0.15, -0.1) is 5.10 Å². The molecule has 1 amide bonds. The van der Waals surface area contributed by atoms with Crippen LogP contribution in [0.3, 0.4) is 0 Å². The van der Waals surface area contributed by atoms with Crippen LogP contribution in [0, 0.1) is 5.92 Å². The van der Waals surface area contributed by atoms with Crippen LogP contribution in [0.4, 0.5) is 4.79 Å². The summed E-state index contributed by atoms with van der Waals surface area (Å²) in [7, 11) is 0. The van der Waals surface area contributed by atoms with E-state index in [-0.39, 0.29) is 37.6 Å². The first kappa shape index (κ1) is 27.0. The molecule has 2 N–H and O–H groups in total. The molecule has 1 fully saturated rings. The molecule has 0 radical (unpaired) electrons. The third-order valence-corrected chi connectivity index (χ3v) is 4.91. The molecule has 1 aromatic heterocycles. The Bertz CT molecular complexity index is 909. The average Bonchev–Trinajstić information content (AvgIpc) is 3.29. The number of alkyl carbamates (subject to hydrolysis) is 1. The Morgan fingerprint density at radius 2 is 1.62 bits per heavy atom. The summed E-state index contributed by atoms with van der Waals surface area (Å²) in [5.41, 5.74) is -1.53. The first-order chi connectivity index (χ1) is 15.9. The molecule has 190 valence electrons. The fourth-order valence-corrected chi connectivity index (χ4v) is 3.64. The van der Waals surface area contributed by atoms with E-state index in [9.17, 15) is 24.3 Å². The number of rotatable bonds is 8. The molecule has 4 atom stereocenters. The maximum atomic E-state index is 12.7. The molecule has 0 unspecified atom stereocenters. The minimum absolute atomic E-state index is 0.00771. The topological polar surface area (TPSA) is 168 Å². The van der Waals surface area contributed by atoms with Crippen molar-refractivity contribution in [3.05, 3.63) is 11.4 Å². The third-order valence-electron chi connectivity index (χ3n) is 4.91. The van der Waals surface area contributed by atoms with Crippen molar-refractivity contribution in [3.63, 3.8) is 0 Å². The predicted molar refractivity (Wildman–Crippen MR) is 115 cm³/mol. The number of hydrogen-bond acceptors (Lipinski definition) is 11. The van der Waals surface area contributed by atoms with Gasteiger partial charge >= 0.3 is 24.0 Å². The van der Waals surface area contributed by atoms with Gasteiger partial charge in [-0.1, -0.05) is 5.21 Å². The highest BCUT2D eigenvalue weighted by atomic mass is 16.6. The van der Waals surface area contributed by atoms with Crippen LogP contribution in [0.1, 0.15) is 75.0 Å². The van der Waals surface area contributed by atoms with Gasteiger partial charge in [-0.05, 0) is 48.0 Å². The van der Waals surface area contributed by atoms with Crippen molar-refractivity contribution in [2.45, 2.75) is 71.8 Å². The highest BCUT2D eigenvalue weighted by molar-refractivity contribution is 6.00. The normalized spacial score (nSPS) is 22.1. The van der Waals surface area contributed by atoms with Gasteiger partial charge in [0.05, 0.1) is 43.9 Å². The fraction of sp³-hybridized carbons (Fsp3) is 0.714. The summed E-state index contributed by atoms with van der Waals surface area (Å²) in [4.78, 5) is 50.0. The molecule has 1 aromatic rings. The van der Waals surface area contributed by atoms with E-state index >= 15 is 0 Å². The fourth-order valence-electron chi connectivity index (χ4n) is 3.64. The molecule has 1 heterocycles. The van der Waals surface area contributed by atoms with Crippen molar-refractivity contribution in [1.82, 2.24) is 20.3 Å². The number of ether oxygens (including phenoxy) is 4. The van der Waals surface area contributed by atoms with Crippen molar-refractivity contribution >= 4 is 24.0 Å². The number of carbonyl (C=O) groups excluding carboxylic acids is 4. The van der Waals surface area contributed by atoms with Crippen LogP contribution < -0.4 is 5.32 Å². The summed E-state index contributed by atoms with van der Waals surface area (Å²) in [5.74, 6) is -3.44. The van der Waals surface area contributed by atoms with Gasteiger partial charge in [-0.3, -0.25) is 4.79 Å². The van der Waals surface area contributed by atoms with Crippen LogP contribution in [0.15, 0.2) is 0 Å². The van der Waals surface area contributed by atoms with Crippen molar-refractivity contribution in [1.29, 1.82) is 0 Å². The lowest BCUT2D eigenvalue weighted by molar-refractivity contribution is -0.148. The maximum absolute atomic E-state index is 12.7. The third kappa shape index (κ3) is 6.22. The SMILES string of the molecule is CCOC(=O)c1nnn([C@@H]2C[C@@H](C(=O)OCC)[C@@H](NC(=O)OC(C)(C)C)[C@H]2O)c1C(=O)OCC. The zero-order valence-electron chi connectivity index (χ0n) is 20.2. The Morgan fingerprint density at radius 1 is 1.03 bits per heavy atom. The lowest BCUT2D eigenvalue weighted by atomic mass is 10.0. The molecular weight excluding hydrogens is 452 g/mol. The number of hydrogen-bond donors (Lipinski definition) is 2. The largest absolute Gasteiger partial charge is 0.466 e. The molecular formula is C21H32N4O9. The lowest BCUT2D eigenvalue weighted by Crippen LogP contribution is -2.49. The van der Waals surface area contributed by atoms with Crippen LogP contribution >= 0.6 is 0 Å². The van der Waals surface area contributed by atoms with Gasteiger partial charge in [-0.2, -0.15) is 0 Å². The number of carbonyl (C=O) groups is 4. The molecule has 0 saturated heterocycles. The van der Waals surface area contributed by atoms with Crippen LogP contribution in [0.25, 0.3) is 0 Å². The molecule has 0 bridgehead atoms. The number of esters is 3. The van der Waals surface area contributed by atoms with E-state index in [0.717, 1.165) is 4.68 Å². The second-order valence-corrected chi connectivity index (χ2v) is 8.50. The first-order valence-corrected chi connectivity index (χ1v) is 11.1. The number of nitrogens with one attached hydrogen (secondary N) is 1. The van der Waals surface area contributed by atoms with E-state index in [1.807, 2.05) is 0 Å². The number of amides is 1. The monoisotopic (exact) mass is 484 g/mol. The lowest BCUT2D eigenvalue weighted by Gasteiger charge is -2.26. The summed E-state index contributed by atoms with van der Waals surface area (Å²) in [6, 6.07) is -2.14. The van der Waals surface area contributed by atoms with E-state index in [1.54, 1.807) is 41.5 Å². The highest BCUT2D eigenvalue weighted by Gasteiger charge is 2.50. The van der Waals surface area contributed by atoms with Crippen LogP contribution in [-0.4, -0.2) is 81.7 Å². The smallest absolute Gasteiger partial charge is 0.407 e. The van der Waals surface area contributed by atoms with Gasteiger partial charge in [-0.25, -0.2) is 19.1 Å². The summed E-state index contributed by atoms with van der Waals surface area (Å²) < 4.78 is 21.4. The summed E-state index contributed by atoms with van der Waals surface area (Å²) in [5, 5.41) is 21.2. The number of aliphatic hydroxyl groups is 1. The second-order valence-electron chi connectivity index (χ2n) is 8.50. The molecule has 0 aliphatic heterocycles. The standard InChI is InChI=1S/C21H32N4O9/c1-7-31-17(27)11-10-12(16(26)13(11)22-20(30)34-21(4,5)6)25-15(19(29)33-9-3)14(23-24-25)18(28)32-8-2/h11-13,16,26H,7-10H2,1-6H3,(H,22,30)/t11-,12-,13-,16+/m1/s1. The number of nitrogens with zero attached hydrogens (tertiary/aromatic N) is 3. The van der Waals surface area contributed by atoms with Crippen molar-refractivity contribution < 1.29 is 43.2 Å². The van der Waals surface area contributed by atoms with Gasteiger partial charge in [0.15, 0.2) is 5.69 Å². The molecule has 1 aliphatic rings. The van der Waals surface area contributed by atoms with E-state index in [2.05, 4.69) is 15.6 Å². The van der Waals surface area contributed by atoms with E-state index in [0.29, 0.717) is 0 Å². The minimum atomic E-state index is -1.41. The van der Waals surface area contributed by atoms with Crippen LogP contribution in [0.5, 0.6) is 0 Å². The van der Waals surface area contributed by atoms with Crippen molar-refractivity contribution in [3.8, 4) is 0 Å². The Hall–Kier alpha value is -3.22. The summed E-state index contributed by atoms with van der Waals surface area (Å²) >= 11 is 0.